The van der Waals surface area contributed by atoms with Crippen LogP contribution in [-0.2, 0) is 4.79 Å². The molecule has 3 nitrogen and oxygen atoms in total. The second kappa shape index (κ2) is 5.21. The molecule has 88 valence electrons. The van der Waals surface area contributed by atoms with Crippen LogP contribution in [0.3, 0.4) is 0 Å². The Balaban J connectivity index is 0.00000128. The summed E-state index contributed by atoms with van der Waals surface area (Å²) in [5.74, 6) is 0.193. The highest BCUT2D eigenvalue weighted by Crippen LogP contribution is 2.31. The number of fused-ring (bicyclic) bond motifs is 1. The molecule has 0 aromatic heterocycles. The van der Waals surface area contributed by atoms with Gasteiger partial charge < -0.3 is 9.80 Å². The fourth-order valence-electron chi connectivity index (χ4n) is 2.00. The number of amides is 1. The zero-order chi connectivity index (χ0) is 10.8. The summed E-state index contributed by atoms with van der Waals surface area (Å²) in [4.78, 5) is 15.7. The lowest BCUT2D eigenvalue weighted by Crippen LogP contribution is -2.26. The molecule has 0 fully saturated rings. The van der Waals surface area contributed by atoms with Gasteiger partial charge in [-0.25, -0.2) is 0 Å². The zero-order valence-corrected chi connectivity index (χ0v) is 10.5. The molecule has 1 aliphatic heterocycles. The molecule has 0 saturated carbocycles. The molecule has 1 amide bonds. The van der Waals surface area contributed by atoms with Gasteiger partial charge in [-0.2, -0.15) is 0 Å². The first kappa shape index (κ1) is 12.8. The van der Waals surface area contributed by atoms with E-state index < -0.39 is 0 Å². The third-order valence-electron chi connectivity index (χ3n) is 2.94. The maximum atomic E-state index is 11.7. The van der Waals surface area contributed by atoms with Crippen molar-refractivity contribution in [2.45, 2.75) is 13.3 Å². The third kappa shape index (κ3) is 2.14. The Kier molecular flexibility index (Phi) is 4.19. The minimum Gasteiger partial charge on any atom is -0.370 e. The third-order valence-corrected chi connectivity index (χ3v) is 2.94. The largest absolute Gasteiger partial charge is 0.370 e. The van der Waals surface area contributed by atoms with Gasteiger partial charge in [-0.05, 0) is 19.1 Å². The Morgan fingerprint density at radius 1 is 1.25 bits per heavy atom. The number of nitrogens with zero attached hydrogens (tertiary/aromatic N) is 2. The monoisotopic (exact) mass is 240 g/mol. The van der Waals surface area contributed by atoms with Crippen LogP contribution in [0.2, 0.25) is 0 Å². The smallest absolute Gasteiger partial charge is 0.228 e. The van der Waals surface area contributed by atoms with E-state index in [0.717, 1.165) is 24.5 Å². The van der Waals surface area contributed by atoms with Crippen LogP contribution >= 0.6 is 12.4 Å². The molecule has 16 heavy (non-hydrogen) atoms. The van der Waals surface area contributed by atoms with Crippen molar-refractivity contribution in [3.05, 3.63) is 24.3 Å². The molecule has 0 atom stereocenters. The van der Waals surface area contributed by atoms with Gasteiger partial charge in [0.25, 0.3) is 0 Å². The first-order valence-electron chi connectivity index (χ1n) is 5.34. The summed E-state index contributed by atoms with van der Waals surface area (Å²) in [6.45, 7) is 3.88. The predicted octanol–water partition coefficient (Wildman–Crippen LogP) is 2.30. The van der Waals surface area contributed by atoms with E-state index in [9.17, 15) is 4.79 Å². The molecule has 4 heteroatoms. The van der Waals surface area contributed by atoms with Crippen LogP contribution in [0.1, 0.15) is 13.3 Å². The van der Waals surface area contributed by atoms with E-state index in [-0.39, 0.29) is 18.3 Å². The molecular weight excluding hydrogens is 224 g/mol. The number of hydrogen-bond donors (Lipinski definition) is 0. The molecular formula is C12H17ClN2O. The summed E-state index contributed by atoms with van der Waals surface area (Å²) < 4.78 is 0. The van der Waals surface area contributed by atoms with Crippen molar-refractivity contribution in [2.75, 3.05) is 29.9 Å². The second-order valence-electron chi connectivity index (χ2n) is 3.77. The molecule has 0 N–H and O–H groups in total. The van der Waals surface area contributed by atoms with Crippen molar-refractivity contribution in [3.63, 3.8) is 0 Å². The number of carbonyl (C=O) groups is 1. The number of benzene rings is 1. The van der Waals surface area contributed by atoms with Crippen LogP contribution in [0, 0.1) is 0 Å². The standard InChI is InChI=1S/C12H16N2O.ClH/c1-3-14-9-8-12(15)13(2)10-6-4-5-7-11(10)14;/h4-7H,3,8-9H2,1-2H3;1H. The minimum absolute atomic E-state index is 0. The Bertz CT molecular complexity index is 381. The Morgan fingerprint density at radius 3 is 2.50 bits per heavy atom. The summed E-state index contributed by atoms with van der Waals surface area (Å²) in [7, 11) is 1.85. The maximum Gasteiger partial charge on any atom is 0.228 e. The molecule has 1 heterocycles. The highest BCUT2D eigenvalue weighted by atomic mass is 35.5. The van der Waals surface area contributed by atoms with E-state index in [2.05, 4.69) is 17.9 Å². The SMILES string of the molecule is CCN1CCC(=O)N(C)c2ccccc21.Cl. The molecule has 1 aliphatic rings. The van der Waals surface area contributed by atoms with Crippen molar-refractivity contribution in [1.82, 2.24) is 0 Å². The fraction of sp³-hybridized carbons (Fsp3) is 0.417. The predicted molar refractivity (Wildman–Crippen MR) is 69.6 cm³/mol. The highest BCUT2D eigenvalue weighted by Gasteiger charge is 2.21. The van der Waals surface area contributed by atoms with Gasteiger partial charge in [0.1, 0.15) is 0 Å². The van der Waals surface area contributed by atoms with Crippen LogP contribution in [0.5, 0.6) is 0 Å². The molecule has 1 aromatic carbocycles. The van der Waals surface area contributed by atoms with Crippen LogP contribution in [-0.4, -0.2) is 26.0 Å². The quantitative estimate of drug-likeness (QED) is 0.752. The molecule has 0 bridgehead atoms. The lowest BCUT2D eigenvalue weighted by atomic mass is 10.2. The van der Waals surface area contributed by atoms with Gasteiger partial charge in [0, 0.05) is 26.6 Å². The zero-order valence-electron chi connectivity index (χ0n) is 9.64. The normalized spacial score (nSPS) is 15.2. The summed E-state index contributed by atoms with van der Waals surface area (Å²) in [5, 5.41) is 0. The summed E-state index contributed by atoms with van der Waals surface area (Å²) in [5.41, 5.74) is 2.18. The molecule has 0 aliphatic carbocycles. The van der Waals surface area contributed by atoms with Gasteiger partial charge in [-0.15, -0.1) is 12.4 Å². The van der Waals surface area contributed by atoms with E-state index in [4.69, 9.17) is 0 Å². The number of carbonyl (C=O) groups excluding carboxylic acids is 1. The van der Waals surface area contributed by atoms with E-state index in [0.29, 0.717) is 6.42 Å². The molecule has 0 radical (unpaired) electrons. The topological polar surface area (TPSA) is 23.6 Å². The fourth-order valence-corrected chi connectivity index (χ4v) is 2.00. The van der Waals surface area contributed by atoms with Crippen LogP contribution in [0.25, 0.3) is 0 Å². The maximum absolute atomic E-state index is 11.7. The van der Waals surface area contributed by atoms with Crippen molar-refractivity contribution in [2.24, 2.45) is 0 Å². The average molecular weight is 241 g/mol. The Hall–Kier alpha value is -1.22. The van der Waals surface area contributed by atoms with E-state index in [1.165, 1.54) is 0 Å². The van der Waals surface area contributed by atoms with Crippen molar-refractivity contribution in [1.29, 1.82) is 0 Å². The van der Waals surface area contributed by atoms with Gasteiger partial charge in [0.05, 0.1) is 11.4 Å². The van der Waals surface area contributed by atoms with Crippen LogP contribution in [0.4, 0.5) is 11.4 Å². The Labute approximate surface area is 102 Å². The Morgan fingerprint density at radius 2 is 1.88 bits per heavy atom. The number of rotatable bonds is 1. The summed E-state index contributed by atoms with van der Waals surface area (Å²) in [6.07, 6.45) is 0.596. The lowest BCUT2D eigenvalue weighted by molar-refractivity contribution is -0.118. The molecule has 0 saturated heterocycles. The van der Waals surface area contributed by atoms with Crippen LogP contribution < -0.4 is 9.80 Å². The van der Waals surface area contributed by atoms with Gasteiger partial charge in [0.15, 0.2) is 0 Å². The lowest BCUT2D eigenvalue weighted by Gasteiger charge is -2.23. The second-order valence-corrected chi connectivity index (χ2v) is 3.77. The average Bonchev–Trinajstić information content (AvgIpc) is 2.39. The molecule has 1 aromatic rings. The van der Waals surface area contributed by atoms with Crippen molar-refractivity contribution >= 4 is 29.7 Å². The minimum atomic E-state index is 0. The van der Waals surface area contributed by atoms with Crippen molar-refractivity contribution < 1.29 is 4.79 Å². The molecule has 0 spiro atoms. The number of halogens is 1. The van der Waals surface area contributed by atoms with E-state index in [1.54, 1.807) is 4.90 Å². The molecule has 2 rings (SSSR count). The number of para-hydroxylation sites is 2. The highest BCUT2D eigenvalue weighted by molar-refractivity contribution is 5.98. The van der Waals surface area contributed by atoms with E-state index in [1.807, 2.05) is 25.2 Å². The van der Waals surface area contributed by atoms with Gasteiger partial charge in [-0.3, -0.25) is 4.79 Å². The molecule has 0 unspecified atom stereocenters. The van der Waals surface area contributed by atoms with E-state index >= 15 is 0 Å². The summed E-state index contributed by atoms with van der Waals surface area (Å²) in [6, 6.07) is 8.07. The van der Waals surface area contributed by atoms with Gasteiger partial charge >= 0.3 is 0 Å². The van der Waals surface area contributed by atoms with Gasteiger partial charge in [0.2, 0.25) is 5.91 Å². The van der Waals surface area contributed by atoms with Crippen LogP contribution in [0.15, 0.2) is 24.3 Å². The van der Waals surface area contributed by atoms with Gasteiger partial charge in [-0.1, -0.05) is 12.1 Å². The first-order chi connectivity index (χ1) is 7.24. The first-order valence-corrected chi connectivity index (χ1v) is 5.34. The summed E-state index contributed by atoms with van der Waals surface area (Å²) >= 11 is 0. The number of hydrogen-bond acceptors (Lipinski definition) is 2. The van der Waals surface area contributed by atoms with Crippen molar-refractivity contribution in [3.8, 4) is 0 Å². The number of anilines is 2.